The smallest absolute Gasteiger partial charge is 0.407 e. The predicted molar refractivity (Wildman–Crippen MR) is 190 cm³/mol. The van der Waals surface area contributed by atoms with Gasteiger partial charge in [-0.25, -0.2) is 23.2 Å². The summed E-state index contributed by atoms with van der Waals surface area (Å²) >= 11 is 0. The molecule has 0 radical (unpaired) electrons. The number of nitrogens with one attached hydrogen (secondary N) is 1. The largest absolute Gasteiger partial charge is 0.497 e. The van der Waals surface area contributed by atoms with E-state index in [0.717, 1.165) is 16.3 Å². The molecule has 3 aromatic heterocycles. The monoisotopic (exact) mass is 722 g/mol. The number of carbonyl (C=O) groups excluding carboxylic acids is 1. The van der Waals surface area contributed by atoms with Crippen LogP contribution in [-0.4, -0.2) is 79.8 Å². The fourth-order valence-corrected chi connectivity index (χ4v) is 6.02. The second kappa shape index (κ2) is 14.8. The highest BCUT2D eigenvalue weighted by Crippen LogP contribution is 2.37. The van der Waals surface area contributed by atoms with Crippen LogP contribution in [0.25, 0.3) is 16.7 Å². The average Bonchev–Trinajstić information content (AvgIpc) is 3.33. The van der Waals surface area contributed by atoms with Crippen LogP contribution in [0.15, 0.2) is 96.1 Å². The van der Waals surface area contributed by atoms with E-state index in [4.69, 9.17) is 14.6 Å². The van der Waals surface area contributed by atoms with Crippen molar-refractivity contribution in [2.24, 2.45) is 0 Å². The van der Waals surface area contributed by atoms with Gasteiger partial charge in [0.2, 0.25) is 0 Å². The van der Waals surface area contributed by atoms with Crippen molar-refractivity contribution in [3.8, 4) is 22.9 Å². The first kappa shape index (κ1) is 34.6. The highest BCUT2D eigenvalue weighted by molar-refractivity contribution is 6.04. The number of halogens is 2. The van der Waals surface area contributed by atoms with Crippen LogP contribution in [0, 0.1) is 11.6 Å². The topological polar surface area (TPSA) is 157 Å². The molecule has 0 unspecified atom stereocenters. The summed E-state index contributed by atoms with van der Waals surface area (Å²) in [6.07, 6.45) is 2.36. The first-order valence-electron chi connectivity index (χ1n) is 16.5. The number of nitrogens with zero attached hydrogens (tertiary/aromatic N) is 7. The van der Waals surface area contributed by atoms with Crippen LogP contribution >= 0.6 is 0 Å². The van der Waals surface area contributed by atoms with Gasteiger partial charge in [0.1, 0.15) is 28.3 Å². The van der Waals surface area contributed by atoms with Gasteiger partial charge in [0.05, 0.1) is 19.3 Å². The highest BCUT2D eigenvalue weighted by atomic mass is 19.1. The highest BCUT2D eigenvalue weighted by Gasteiger charge is 2.26. The molecule has 16 heteroatoms. The Morgan fingerprint density at radius 1 is 0.906 bits per heavy atom. The van der Waals surface area contributed by atoms with Crippen LogP contribution in [0.1, 0.15) is 22.3 Å². The van der Waals surface area contributed by atoms with Crippen LogP contribution in [-0.2, 0) is 6.54 Å². The standard InChI is InChI=1S/C37H32F2N8O6/c1-52-27-10-3-23(4-11-27)22-46-33-32(34(43-46)44-17-2-18-45(20-19-44)37(50)51)31(14-15-40-33)53-30-12-7-25(21-29(30)39)42-35(48)28-13-16-41-47(36(28)49)26-8-5-24(38)6-9-26/h3-16,21H,2,17-20,22H2,1H3,(H,42,48)(H,50,51). The van der Waals surface area contributed by atoms with E-state index in [-0.39, 0.29) is 35.0 Å². The molecule has 53 heavy (non-hydrogen) atoms. The Kier molecular flexibility index (Phi) is 9.66. The molecule has 0 atom stereocenters. The second-order valence-electron chi connectivity index (χ2n) is 12.1. The van der Waals surface area contributed by atoms with Gasteiger partial charge >= 0.3 is 6.09 Å². The van der Waals surface area contributed by atoms with Crippen molar-refractivity contribution in [3.63, 3.8) is 0 Å². The number of pyridine rings is 1. The van der Waals surface area contributed by atoms with E-state index in [0.29, 0.717) is 55.2 Å². The number of methoxy groups -OCH3 is 1. The van der Waals surface area contributed by atoms with Crippen molar-refractivity contribution in [1.82, 2.24) is 29.4 Å². The Morgan fingerprint density at radius 3 is 2.43 bits per heavy atom. The van der Waals surface area contributed by atoms with E-state index < -0.39 is 29.2 Å². The summed E-state index contributed by atoms with van der Waals surface area (Å²) in [6, 6.07) is 19.2. The number of hydrogen-bond acceptors (Lipinski definition) is 9. The van der Waals surface area contributed by atoms with Crippen molar-refractivity contribution in [3.05, 3.63) is 124 Å². The molecule has 2 amide bonds. The third-order valence-corrected chi connectivity index (χ3v) is 8.71. The van der Waals surface area contributed by atoms with Gasteiger partial charge in [-0.05, 0) is 66.6 Å². The lowest BCUT2D eigenvalue weighted by molar-refractivity contribution is 0.102. The van der Waals surface area contributed by atoms with E-state index in [9.17, 15) is 23.9 Å². The summed E-state index contributed by atoms with van der Waals surface area (Å²) < 4.78 is 43.2. The second-order valence-corrected chi connectivity index (χ2v) is 12.1. The Bertz CT molecular complexity index is 2370. The lowest BCUT2D eigenvalue weighted by Gasteiger charge is -2.21. The third kappa shape index (κ3) is 7.33. The van der Waals surface area contributed by atoms with Gasteiger partial charge in [0, 0.05) is 56.4 Å². The minimum Gasteiger partial charge on any atom is -0.497 e. The summed E-state index contributed by atoms with van der Waals surface area (Å²) in [5.74, 6) is -0.771. The van der Waals surface area contributed by atoms with Crippen molar-refractivity contribution in [1.29, 1.82) is 0 Å². The van der Waals surface area contributed by atoms with E-state index in [2.05, 4.69) is 15.4 Å². The van der Waals surface area contributed by atoms with E-state index in [1.54, 1.807) is 17.9 Å². The van der Waals surface area contributed by atoms with Gasteiger partial charge in [-0.2, -0.15) is 14.9 Å². The third-order valence-electron chi connectivity index (χ3n) is 8.71. The van der Waals surface area contributed by atoms with Gasteiger partial charge in [0.15, 0.2) is 23.0 Å². The number of carbonyl (C=O) groups is 2. The molecule has 1 aliphatic heterocycles. The first-order valence-corrected chi connectivity index (χ1v) is 16.5. The Labute approximate surface area is 300 Å². The zero-order valence-electron chi connectivity index (χ0n) is 28.3. The molecular weight excluding hydrogens is 690 g/mol. The van der Waals surface area contributed by atoms with Crippen LogP contribution in [0.4, 0.5) is 25.1 Å². The molecule has 0 bridgehead atoms. The first-order chi connectivity index (χ1) is 25.7. The van der Waals surface area contributed by atoms with Crippen molar-refractivity contribution in [2.45, 2.75) is 13.0 Å². The van der Waals surface area contributed by atoms with Crippen molar-refractivity contribution < 1.29 is 33.0 Å². The molecule has 270 valence electrons. The van der Waals surface area contributed by atoms with Gasteiger partial charge in [-0.1, -0.05) is 12.1 Å². The minimum atomic E-state index is -0.995. The summed E-state index contributed by atoms with van der Waals surface area (Å²) in [4.78, 5) is 45.8. The molecule has 0 spiro atoms. The Hall–Kier alpha value is -6.84. The molecule has 4 heterocycles. The van der Waals surface area contributed by atoms with Gasteiger partial charge < -0.3 is 29.7 Å². The van der Waals surface area contributed by atoms with Crippen LogP contribution < -0.4 is 25.2 Å². The number of fused-ring (bicyclic) bond motifs is 1. The van der Waals surface area contributed by atoms with E-state index in [1.807, 2.05) is 29.2 Å². The molecule has 1 fully saturated rings. The molecule has 14 nitrogen and oxygen atoms in total. The van der Waals surface area contributed by atoms with Crippen LogP contribution in [0.5, 0.6) is 17.2 Å². The maximum absolute atomic E-state index is 15.7. The Morgan fingerprint density at radius 2 is 1.70 bits per heavy atom. The number of hydrogen-bond donors (Lipinski definition) is 2. The van der Waals surface area contributed by atoms with E-state index >= 15 is 4.39 Å². The molecule has 2 N–H and O–H groups in total. The number of benzene rings is 3. The molecule has 0 aliphatic carbocycles. The van der Waals surface area contributed by atoms with Gasteiger partial charge in [-0.15, -0.1) is 0 Å². The maximum Gasteiger partial charge on any atom is 0.407 e. The summed E-state index contributed by atoms with van der Waals surface area (Å²) in [6.45, 7) is 1.87. The normalized spacial score (nSPS) is 13.1. The summed E-state index contributed by atoms with van der Waals surface area (Å²) in [5.41, 5.74) is 0.708. The predicted octanol–water partition coefficient (Wildman–Crippen LogP) is 5.55. The fourth-order valence-electron chi connectivity index (χ4n) is 6.02. The number of aromatic nitrogens is 5. The van der Waals surface area contributed by atoms with Gasteiger partial charge in [0.25, 0.3) is 11.5 Å². The molecular formula is C37H32F2N8O6. The number of ether oxygens (including phenoxy) is 2. The molecule has 1 aliphatic rings. The summed E-state index contributed by atoms with van der Waals surface area (Å²) in [7, 11) is 1.59. The molecule has 6 aromatic rings. The number of anilines is 2. The lowest BCUT2D eigenvalue weighted by Crippen LogP contribution is -2.34. The SMILES string of the molecule is COc1ccc(Cn2nc(N3CCCN(C(=O)O)CC3)c3c(Oc4ccc(NC(=O)c5ccnn(-c6ccc(F)cc6)c5=O)cc4F)ccnc32)cc1. The van der Waals surface area contributed by atoms with Gasteiger partial charge in [-0.3, -0.25) is 9.59 Å². The zero-order chi connectivity index (χ0) is 37.1. The average molecular weight is 723 g/mol. The molecule has 7 rings (SSSR count). The number of carboxylic acid groups (broad SMARTS) is 1. The maximum atomic E-state index is 15.7. The molecule has 1 saturated heterocycles. The molecule has 3 aromatic carbocycles. The van der Waals surface area contributed by atoms with Crippen molar-refractivity contribution >= 4 is 34.5 Å². The minimum absolute atomic E-state index is 0.0600. The van der Waals surface area contributed by atoms with Crippen molar-refractivity contribution in [2.75, 3.05) is 43.5 Å². The quantitative estimate of drug-likeness (QED) is 0.194. The number of amides is 2. The van der Waals surface area contributed by atoms with Crippen LogP contribution in [0.2, 0.25) is 0 Å². The number of rotatable bonds is 9. The van der Waals surface area contributed by atoms with Crippen LogP contribution in [0.3, 0.4) is 0 Å². The Balaban J connectivity index is 1.17. The molecule has 0 saturated carbocycles. The zero-order valence-corrected chi connectivity index (χ0v) is 28.3. The lowest BCUT2D eigenvalue weighted by atomic mass is 10.2. The summed E-state index contributed by atoms with van der Waals surface area (Å²) in [5, 5.41) is 21.5. The van der Waals surface area contributed by atoms with E-state index in [1.165, 1.54) is 59.8 Å². The fraction of sp³-hybridized carbons (Fsp3) is 0.189.